The molecule has 1 amide bonds. The molecule has 2 radical (unpaired) electrons. The first kappa shape index (κ1) is 64.3. The number of aromatic nitrogens is 1. The molecule has 2 aliphatic rings. The molecule has 9 rings (SSSR count). The number of anilines is 4. The standard InChI is InChI=1S/C30H43N2O.C29H40N2.C12H8N.2Cu/c1-19(2)23-13-11-14-24(20(3)4)27(23)31-17-30(9,10)29(33)32(18-31)28-25(21(5)6)15-12-16-26(28)22(7)8;1-19(2)24-12-10-13-25(20(3)4)28(24)30-17-16-23(9)31(18-30)29-26(21(5)6)14-11-15-27(29)22(7)8;1-3-7-11-9(5-1)10-6-2-4-8-12(10)13-11;;/h11-16,18-22H,17H2,1-10H3;10-15,18-22H,17H2,1-9H3;1-8H;;/q+1;;-1;;. The second kappa shape index (κ2) is 27.3. The van der Waals surface area contributed by atoms with Crippen LogP contribution in [-0.4, -0.2) is 19.0 Å². The van der Waals surface area contributed by atoms with E-state index in [4.69, 9.17) is 0 Å². The predicted octanol–water partition coefficient (Wildman–Crippen LogP) is 19.5. The van der Waals surface area contributed by atoms with Gasteiger partial charge in [0.2, 0.25) is 0 Å². The molecule has 0 bridgehead atoms. The molecule has 6 aromatic carbocycles. The summed E-state index contributed by atoms with van der Waals surface area (Å²) in [6, 6.07) is 43.2. The fraction of sp³-hybridized carbons (Fsp3) is 0.423. The first-order chi connectivity index (χ1) is 36.4. The van der Waals surface area contributed by atoms with E-state index in [2.05, 4.69) is 280 Å². The van der Waals surface area contributed by atoms with Gasteiger partial charge in [-0.1, -0.05) is 246 Å². The summed E-state index contributed by atoms with van der Waals surface area (Å²) in [5.41, 5.74) is 18.6. The van der Waals surface area contributed by atoms with E-state index in [0.29, 0.717) is 53.9 Å². The second-order valence-electron chi connectivity index (χ2n) is 24.7. The number of nitrogens with zero attached hydrogens (tertiary/aromatic N) is 5. The molecule has 1 aromatic heterocycles. The summed E-state index contributed by atoms with van der Waals surface area (Å²) in [6.07, 6.45) is 3.68. The van der Waals surface area contributed by atoms with Crippen molar-refractivity contribution in [2.75, 3.05) is 32.7 Å². The molecule has 428 valence electrons. The van der Waals surface area contributed by atoms with Gasteiger partial charge in [-0.2, -0.15) is 9.80 Å². The van der Waals surface area contributed by atoms with E-state index in [1.807, 2.05) is 17.0 Å². The summed E-state index contributed by atoms with van der Waals surface area (Å²) >= 11 is 0. The Morgan fingerprint density at radius 2 is 0.709 bits per heavy atom. The molecule has 79 heavy (non-hydrogen) atoms. The van der Waals surface area contributed by atoms with Gasteiger partial charge in [-0.15, -0.1) is 21.6 Å². The van der Waals surface area contributed by atoms with Crippen molar-refractivity contribution in [3.8, 4) is 0 Å². The zero-order valence-electron chi connectivity index (χ0n) is 51.0. The summed E-state index contributed by atoms with van der Waals surface area (Å²) in [6.45, 7) is 48.4. The Morgan fingerprint density at radius 1 is 0.418 bits per heavy atom. The van der Waals surface area contributed by atoms with Gasteiger partial charge in [0.05, 0.1) is 34.7 Å². The molecule has 1 saturated heterocycles. The fourth-order valence-corrected chi connectivity index (χ4v) is 11.3. The average Bonchev–Trinajstić information content (AvgIpc) is 3.77. The van der Waals surface area contributed by atoms with E-state index in [0.717, 1.165) is 23.3 Å². The number of carbonyl (C=O) groups excluding carboxylic acids is 1. The second-order valence-corrected chi connectivity index (χ2v) is 24.7. The Bertz CT molecular complexity index is 3020. The Morgan fingerprint density at radius 3 is 1.05 bits per heavy atom. The molecule has 0 saturated carbocycles. The van der Waals surface area contributed by atoms with Crippen LogP contribution in [0.5, 0.6) is 0 Å². The molecular weight excluding hydrogens is 1070 g/mol. The Hall–Kier alpha value is -5.49. The number of para-hydroxylation sites is 6. The molecule has 0 atom stereocenters. The van der Waals surface area contributed by atoms with Gasteiger partial charge in [0, 0.05) is 34.1 Å². The molecular formula is C71H91Cu2N5O. The van der Waals surface area contributed by atoms with Crippen molar-refractivity contribution < 1.29 is 38.9 Å². The van der Waals surface area contributed by atoms with E-state index < -0.39 is 5.41 Å². The van der Waals surface area contributed by atoms with Crippen LogP contribution in [0.25, 0.3) is 21.8 Å². The third-order valence-corrected chi connectivity index (χ3v) is 15.5. The van der Waals surface area contributed by atoms with Crippen LogP contribution in [0, 0.1) is 24.8 Å². The first-order valence-corrected chi connectivity index (χ1v) is 28.8. The summed E-state index contributed by atoms with van der Waals surface area (Å²) < 4.78 is 0. The molecule has 7 aromatic rings. The molecule has 6 nitrogen and oxygen atoms in total. The SMILES string of the molecule is CC(C)c1cccc(C(C)C)c1N1[CH+]N(c2c(C(C)C)cccc2C(C)C)C(=O)C(C)(C)C1.CC1=[C-]CN(c2c(C(C)C)cccc2C(C)C)[CH+]N1c1c(C(C)C)cccc1C(C)C.[Cu].[Cu].c1ccc2c(c1)[n-]c1ccccc12. The number of hydrogen-bond donors (Lipinski definition) is 0. The van der Waals surface area contributed by atoms with E-state index in [9.17, 15) is 4.79 Å². The Labute approximate surface area is 499 Å². The summed E-state index contributed by atoms with van der Waals surface area (Å²) in [5.74, 6) is 3.47. The number of benzene rings is 6. The van der Waals surface area contributed by atoms with Gasteiger partial charge in [-0.05, 0) is 116 Å². The zero-order valence-corrected chi connectivity index (χ0v) is 52.9. The summed E-state index contributed by atoms with van der Waals surface area (Å²) in [7, 11) is 0. The molecule has 0 spiro atoms. The minimum Gasteiger partial charge on any atom is -0.657 e. The Kier molecular flexibility index (Phi) is 22.2. The molecule has 8 heteroatoms. The molecule has 0 aliphatic carbocycles. The summed E-state index contributed by atoms with van der Waals surface area (Å²) in [5, 5.41) is 2.50. The van der Waals surface area contributed by atoms with Crippen LogP contribution < -0.4 is 24.6 Å². The van der Waals surface area contributed by atoms with Crippen molar-refractivity contribution in [1.29, 1.82) is 0 Å². The largest absolute Gasteiger partial charge is 0.657 e. The van der Waals surface area contributed by atoms with Gasteiger partial charge in [0.1, 0.15) is 0 Å². The summed E-state index contributed by atoms with van der Waals surface area (Å²) in [4.78, 5) is 27.5. The van der Waals surface area contributed by atoms with Gasteiger partial charge in [-0.3, -0.25) is 4.79 Å². The van der Waals surface area contributed by atoms with Crippen LogP contribution >= 0.6 is 0 Å². The van der Waals surface area contributed by atoms with E-state index in [1.54, 1.807) is 0 Å². The predicted molar refractivity (Wildman–Crippen MR) is 333 cm³/mol. The van der Waals surface area contributed by atoms with Crippen molar-refractivity contribution in [2.24, 2.45) is 5.41 Å². The minimum absolute atomic E-state index is 0. The quantitative estimate of drug-likeness (QED) is 0.0901. The van der Waals surface area contributed by atoms with Gasteiger partial charge in [-0.25, -0.2) is 4.90 Å². The molecule has 3 heterocycles. The average molecular weight is 1160 g/mol. The van der Waals surface area contributed by atoms with Crippen molar-refractivity contribution in [2.45, 2.75) is 179 Å². The van der Waals surface area contributed by atoms with Crippen molar-refractivity contribution in [1.82, 2.24) is 4.98 Å². The molecule has 0 N–H and O–H groups in total. The van der Waals surface area contributed by atoms with Crippen molar-refractivity contribution >= 4 is 50.5 Å². The van der Waals surface area contributed by atoms with Gasteiger partial charge >= 0.3 is 6.67 Å². The first-order valence-electron chi connectivity index (χ1n) is 28.8. The molecule has 2 aliphatic heterocycles. The smallest absolute Gasteiger partial charge is 0.302 e. The van der Waals surface area contributed by atoms with Crippen LogP contribution in [0.1, 0.15) is 223 Å². The third kappa shape index (κ3) is 14.0. The maximum absolute atomic E-state index is 13.9. The van der Waals surface area contributed by atoms with E-state index in [-0.39, 0.29) is 40.0 Å². The van der Waals surface area contributed by atoms with Crippen molar-refractivity contribution in [3.63, 3.8) is 0 Å². The Balaban J connectivity index is 0.000000232. The molecule has 0 unspecified atom stereocenters. The maximum atomic E-state index is 13.9. The van der Waals surface area contributed by atoms with Crippen LogP contribution in [0.3, 0.4) is 0 Å². The van der Waals surface area contributed by atoms with Gasteiger partial charge in [0.25, 0.3) is 12.6 Å². The van der Waals surface area contributed by atoms with Crippen LogP contribution in [-0.2, 0) is 38.9 Å². The number of allylic oxidation sites excluding steroid dienone is 1. The topological polar surface area (TPSA) is 44.1 Å². The fourth-order valence-electron chi connectivity index (χ4n) is 11.3. The van der Waals surface area contributed by atoms with Gasteiger partial charge in [0.15, 0.2) is 0 Å². The number of fused-ring (bicyclic) bond motifs is 3. The third-order valence-electron chi connectivity index (χ3n) is 15.5. The number of rotatable bonds is 12. The zero-order chi connectivity index (χ0) is 56.2. The normalized spacial score (nSPS) is 14.4. The van der Waals surface area contributed by atoms with E-state index in [1.165, 1.54) is 78.0 Å². The van der Waals surface area contributed by atoms with Crippen LogP contribution in [0.2, 0.25) is 0 Å². The number of carbonyl (C=O) groups is 1. The number of amides is 1. The number of hydrogen-bond acceptors (Lipinski definition) is 4. The molecule has 1 fully saturated rings. The maximum Gasteiger partial charge on any atom is 0.302 e. The monoisotopic (exact) mass is 1160 g/mol. The minimum atomic E-state index is -0.509. The van der Waals surface area contributed by atoms with Crippen LogP contribution in [0.15, 0.2) is 127 Å². The van der Waals surface area contributed by atoms with Crippen molar-refractivity contribution in [3.05, 3.63) is 191 Å². The van der Waals surface area contributed by atoms with Gasteiger partial charge < -0.3 is 11.1 Å². The van der Waals surface area contributed by atoms with Crippen LogP contribution in [0.4, 0.5) is 22.7 Å². The van der Waals surface area contributed by atoms with E-state index >= 15 is 0 Å².